The number of carbonyl (C=O) groups excluding carboxylic acids is 5. The Bertz CT molecular complexity index is 4160. The minimum absolute atomic E-state index is 0.0628. The summed E-state index contributed by atoms with van der Waals surface area (Å²) in [6.07, 6.45) is 3.40. The quantitative estimate of drug-likeness (QED) is 0.0113. The zero-order chi connectivity index (χ0) is 61.0. The van der Waals surface area contributed by atoms with Gasteiger partial charge in [0, 0.05) is 105 Å². The maximum atomic E-state index is 13.2. The van der Waals surface area contributed by atoms with Gasteiger partial charge in [0.15, 0.2) is 13.1 Å². The Morgan fingerprint density at radius 2 is 0.839 bits per heavy atom. The first-order valence-corrected chi connectivity index (χ1v) is 29.5. The Kier molecular flexibility index (Phi) is 18.9. The Morgan fingerprint density at radius 1 is 0.425 bits per heavy atom. The maximum absolute atomic E-state index is 13.2. The van der Waals surface area contributed by atoms with Crippen molar-refractivity contribution in [1.82, 2.24) is 21.3 Å². The molecule has 0 aliphatic carbocycles. The van der Waals surface area contributed by atoms with Gasteiger partial charge in [-0.3, -0.25) is 24.0 Å². The molecule has 0 saturated heterocycles. The van der Waals surface area contributed by atoms with Gasteiger partial charge in [0.1, 0.15) is 6.04 Å². The number of carbonyl (C=O) groups is 5. The van der Waals surface area contributed by atoms with Gasteiger partial charge >= 0.3 is 0 Å². The minimum Gasteiger partial charge on any atom is -0.399 e. The van der Waals surface area contributed by atoms with Crippen LogP contribution in [0.3, 0.4) is 0 Å². The molecule has 87 heavy (non-hydrogen) atoms. The van der Waals surface area contributed by atoms with E-state index >= 15 is 0 Å². The molecule has 0 unspecified atom stereocenters. The van der Waals surface area contributed by atoms with Gasteiger partial charge in [0.25, 0.3) is 11.8 Å². The summed E-state index contributed by atoms with van der Waals surface area (Å²) in [6, 6.07) is 57.7. The van der Waals surface area contributed by atoms with Crippen LogP contribution in [0.5, 0.6) is 0 Å². The van der Waals surface area contributed by atoms with E-state index in [0.29, 0.717) is 105 Å². The van der Waals surface area contributed by atoms with Crippen molar-refractivity contribution in [2.45, 2.75) is 76.5 Å². The predicted molar refractivity (Wildman–Crippen MR) is 347 cm³/mol. The molecule has 8 aromatic carbocycles. The number of nitrogens with one attached hydrogen (secondary N) is 4. The van der Waals surface area contributed by atoms with E-state index in [1.54, 1.807) is 12.1 Å². The molecule has 10 rings (SSSR count). The van der Waals surface area contributed by atoms with Crippen LogP contribution in [0, 0.1) is 0 Å². The lowest BCUT2D eigenvalue weighted by Crippen LogP contribution is -2.45. The van der Waals surface area contributed by atoms with Crippen LogP contribution in [-0.2, 0) is 27.5 Å². The highest BCUT2D eigenvalue weighted by atomic mass is 16.2. The molecule has 2 heterocycles. The van der Waals surface area contributed by atoms with Gasteiger partial charge in [0.05, 0.1) is 27.6 Å². The summed E-state index contributed by atoms with van der Waals surface area (Å²) in [4.78, 5) is 64.4. The topological polar surface area (TPSA) is 297 Å². The molecule has 2 aromatic heterocycles. The van der Waals surface area contributed by atoms with Crippen molar-refractivity contribution >= 4 is 95.6 Å². The van der Waals surface area contributed by atoms with E-state index in [2.05, 4.69) is 66.8 Å². The first-order valence-electron chi connectivity index (χ1n) is 29.5. The first kappa shape index (κ1) is 59.8. The molecule has 16 N–H and O–H groups in total. The van der Waals surface area contributed by atoms with Crippen molar-refractivity contribution in [2.24, 2.45) is 11.5 Å². The zero-order valence-electron chi connectivity index (χ0n) is 48.6. The molecule has 0 aliphatic rings. The van der Waals surface area contributed by atoms with Crippen LogP contribution in [0.1, 0.15) is 83.2 Å². The Morgan fingerprint density at radius 3 is 1.29 bits per heavy atom. The number of anilines is 4. The fourth-order valence-corrected chi connectivity index (χ4v) is 11.4. The van der Waals surface area contributed by atoms with Gasteiger partial charge < -0.3 is 55.7 Å². The number of nitrogen functional groups attached to an aromatic ring is 4. The highest BCUT2D eigenvalue weighted by Gasteiger charge is 2.27. The van der Waals surface area contributed by atoms with E-state index in [9.17, 15) is 24.0 Å². The van der Waals surface area contributed by atoms with Crippen LogP contribution in [-0.4, -0.2) is 61.3 Å². The van der Waals surface area contributed by atoms with Gasteiger partial charge in [-0.1, -0.05) is 72.8 Å². The average Bonchev–Trinajstić information content (AvgIpc) is 1.77. The molecular formula is C70H74N12O5+2. The number of primary amides is 1. The number of rotatable bonds is 25. The van der Waals surface area contributed by atoms with Crippen molar-refractivity contribution in [1.29, 1.82) is 0 Å². The number of aromatic nitrogens is 2. The minimum atomic E-state index is -0.883. The number of amides is 5. The van der Waals surface area contributed by atoms with Gasteiger partial charge in [-0.05, 0) is 142 Å². The number of unbranched alkanes of at least 4 members (excludes halogenated alkanes) is 2. The van der Waals surface area contributed by atoms with Crippen LogP contribution in [0.2, 0.25) is 0 Å². The molecule has 0 radical (unpaired) electrons. The van der Waals surface area contributed by atoms with Gasteiger partial charge in [0.2, 0.25) is 40.1 Å². The van der Waals surface area contributed by atoms with E-state index < -0.39 is 18.0 Å². The lowest BCUT2D eigenvalue weighted by molar-refractivity contribution is -0.650. The summed E-state index contributed by atoms with van der Waals surface area (Å²) in [5.41, 5.74) is 49.0. The second-order valence-corrected chi connectivity index (χ2v) is 22.2. The molecule has 0 saturated carbocycles. The summed E-state index contributed by atoms with van der Waals surface area (Å²) in [6.45, 7) is 2.00. The number of nitrogens with two attached hydrogens (primary N) is 6. The van der Waals surface area contributed by atoms with Crippen LogP contribution in [0.15, 0.2) is 182 Å². The van der Waals surface area contributed by atoms with E-state index in [1.807, 2.05) is 133 Å². The number of fused-ring (bicyclic) bond motifs is 6. The molecule has 10 aromatic rings. The van der Waals surface area contributed by atoms with Gasteiger partial charge in [-0.15, -0.1) is 0 Å². The van der Waals surface area contributed by atoms with Crippen molar-refractivity contribution in [2.75, 3.05) is 42.6 Å². The highest BCUT2D eigenvalue weighted by molar-refractivity contribution is 6.11. The van der Waals surface area contributed by atoms with E-state index in [-0.39, 0.29) is 36.6 Å². The molecule has 0 bridgehead atoms. The molecule has 17 nitrogen and oxygen atoms in total. The Labute approximate surface area is 505 Å². The molecule has 2 atom stereocenters. The lowest BCUT2D eigenvalue weighted by atomic mass is 9.97. The Balaban J connectivity index is 0.617. The third-order valence-corrected chi connectivity index (χ3v) is 15.9. The number of benzene rings is 8. The fourth-order valence-electron chi connectivity index (χ4n) is 11.4. The molecule has 17 heteroatoms. The van der Waals surface area contributed by atoms with Crippen molar-refractivity contribution in [3.8, 4) is 22.5 Å². The third kappa shape index (κ3) is 14.4. The number of hydrogen-bond donors (Lipinski definition) is 10. The molecular weight excluding hydrogens is 1090 g/mol. The third-order valence-electron chi connectivity index (χ3n) is 15.9. The smallest absolute Gasteiger partial charge is 0.251 e. The van der Waals surface area contributed by atoms with E-state index in [1.165, 1.54) is 0 Å². The normalized spacial score (nSPS) is 12.0. The fraction of sp³-hybridized carbons (Fsp3) is 0.214. The Hall–Kier alpha value is -10.4. The van der Waals surface area contributed by atoms with Gasteiger partial charge in [-0.25, -0.2) is 0 Å². The highest BCUT2D eigenvalue weighted by Crippen LogP contribution is 2.36. The number of hydrogen-bond acceptors (Lipinski definition) is 10. The summed E-state index contributed by atoms with van der Waals surface area (Å²) >= 11 is 0. The second kappa shape index (κ2) is 27.5. The molecule has 5 amide bonds. The molecule has 442 valence electrons. The zero-order valence-corrected chi connectivity index (χ0v) is 48.6. The summed E-state index contributed by atoms with van der Waals surface area (Å²) < 4.78 is 4.51. The first-order chi connectivity index (χ1) is 42.2. The standard InChI is InChI=1S/C70H72N12O5/c71-50-27-31-54-56-33-29-52(73)40-62(56)81(65(58(54)38-50)46-12-3-1-4-13-46)42-44-19-23-48(24-20-44)68(85)77-35-9-7-16-60(75)70(87)79-37-11-18-64(83)80-61(67(76)84)17-8-10-36-78-69(86)49-25-21-45(22-26-49)43-82-63-41-53(74)30-34-57(63)55-32-28-51(72)39-59(55)66(82)47-14-5-2-6-15-47/h1-6,12-15,19-34,38-41,60-61,73-74H,7-11,16-18,35-37,42-43,71-72,75H2,(H6,76,77,78,79,80,83,84,85,86,87)/p+2/t60-,61-/m0/s1. The summed E-state index contributed by atoms with van der Waals surface area (Å²) in [5, 5.41) is 17.7. The SMILES string of the molecule is NC(=O)[C@H](CCCCNC(=O)c1ccc(C[n+]2c(-c3ccccc3)c3cc(N)ccc3c3ccc(N)cc32)cc1)NC(=O)CCCNC(=O)[C@@H](N)CCCCNC(=O)c1ccc(C[n+]2c(-c3ccccc3)c3cc(N)ccc3c3ccc(N)cc32)cc1. The van der Waals surface area contributed by atoms with Crippen molar-refractivity contribution in [3.05, 3.63) is 204 Å². The van der Waals surface area contributed by atoms with E-state index in [0.717, 1.165) is 77.0 Å². The van der Waals surface area contributed by atoms with Crippen molar-refractivity contribution < 1.29 is 33.1 Å². The van der Waals surface area contributed by atoms with Crippen LogP contribution < -0.4 is 64.8 Å². The van der Waals surface area contributed by atoms with E-state index in [4.69, 9.17) is 34.4 Å². The van der Waals surface area contributed by atoms with Gasteiger partial charge in [-0.2, -0.15) is 9.13 Å². The summed E-state index contributed by atoms with van der Waals surface area (Å²) in [7, 11) is 0. The largest absolute Gasteiger partial charge is 0.399 e. The molecule has 0 spiro atoms. The molecule has 0 fully saturated rings. The molecule has 0 aliphatic heterocycles. The lowest BCUT2D eigenvalue weighted by Gasteiger charge is -2.16. The second-order valence-electron chi connectivity index (χ2n) is 22.2. The van der Waals surface area contributed by atoms with Crippen LogP contribution >= 0.6 is 0 Å². The average molecular weight is 1160 g/mol. The summed E-state index contributed by atoms with van der Waals surface area (Å²) in [5.74, 6) is -1.79. The van der Waals surface area contributed by atoms with Crippen LogP contribution in [0.4, 0.5) is 22.7 Å². The number of pyridine rings is 2. The monoisotopic (exact) mass is 1160 g/mol. The van der Waals surface area contributed by atoms with Crippen LogP contribution in [0.25, 0.3) is 65.9 Å². The maximum Gasteiger partial charge on any atom is 0.251 e. The number of nitrogens with zero attached hydrogens (tertiary/aromatic N) is 2. The van der Waals surface area contributed by atoms with Crippen molar-refractivity contribution in [3.63, 3.8) is 0 Å². The predicted octanol–water partition coefficient (Wildman–Crippen LogP) is 8.33.